The Hall–Kier alpha value is -1.42. The van der Waals surface area contributed by atoms with Gasteiger partial charge in [0.1, 0.15) is 0 Å². The van der Waals surface area contributed by atoms with Gasteiger partial charge < -0.3 is 10.1 Å². The standard InChI is InChI=1S/C22H33NOSi/c1-18(23-17-21-9-7-6-8-10-21)15-19-11-13-20(14-12-19)16-22(2,3)25(4,5)24/h6-14,18,23-24H,15-17H2,1-5H3/t18-/m1/s1. The minimum Gasteiger partial charge on any atom is -0.432 e. The van der Waals surface area contributed by atoms with Crippen molar-refractivity contribution >= 4 is 8.32 Å². The molecule has 136 valence electrons. The van der Waals surface area contributed by atoms with Crippen LogP contribution in [0.2, 0.25) is 18.1 Å². The summed E-state index contributed by atoms with van der Waals surface area (Å²) in [4.78, 5) is 10.5. The van der Waals surface area contributed by atoms with Gasteiger partial charge in [-0.15, -0.1) is 0 Å². The van der Waals surface area contributed by atoms with Crippen molar-refractivity contribution in [3.8, 4) is 0 Å². The molecule has 2 rings (SSSR count). The molecule has 2 aromatic rings. The highest BCUT2D eigenvalue weighted by Crippen LogP contribution is 2.38. The molecular formula is C22H33NOSi. The second-order valence-corrected chi connectivity index (χ2v) is 12.9. The Morgan fingerprint density at radius 2 is 1.48 bits per heavy atom. The van der Waals surface area contributed by atoms with Gasteiger partial charge in [0, 0.05) is 12.6 Å². The van der Waals surface area contributed by atoms with Crippen LogP contribution in [-0.2, 0) is 19.4 Å². The molecule has 0 aliphatic heterocycles. The van der Waals surface area contributed by atoms with E-state index in [2.05, 4.69) is 80.7 Å². The lowest BCUT2D eigenvalue weighted by Crippen LogP contribution is -2.40. The molecule has 2 nitrogen and oxygen atoms in total. The number of hydrogen-bond donors (Lipinski definition) is 2. The first-order chi connectivity index (χ1) is 11.7. The molecule has 0 amide bonds. The molecule has 3 heteroatoms. The Morgan fingerprint density at radius 3 is 2.04 bits per heavy atom. The van der Waals surface area contributed by atoms with Crippen LogP contribution in [0, 0.1) is 0 Å². The van der Waals surface area contributed by atoms with Crippen LogP contribution in [0.3, 0.4) is 0 Å². The first-order valence-corrected chi connectivity index (χ1v) is 12.2. The predicted molar refractivity (Wildman–Crippen MR) is 110 cm³/mol. The van der Waals surface area contributed by atoms with E-state index in [4.69, 9.17) is 0 Å². The van der Waals surface area contributed by atoms with Gasteiger partial charge in [-0.25, -0.2) is 0 Å². The van der Waals surface area contributed by atoms with Crippen LogP contribution in [0.4, 0.5) is 0 Å². The Bertz CT molecular complexity index is 644. The van der Waals surface area contributed by atoms with Gasteiger partial charge in [-0.1, -0.05) is 68.4 Å². The van der Waals surface area contributed by atoms with Crippen molar-refractivity contribution in [2.75, 3.05) is 0 Å². The van der Waals surface area contributed by atoms with Crippen LogP contribution in [0.1, 0.15) is 37.5 Å². The maximum atomic E-state index is 10.5. The number of rotatable bonds is 8. The van der Waals surface area contributed by atoms with Crippen LogP contribution < -0.4 is 5.32 Å². The fourth-order valence-corrected chi connectivity index (χ4v) is 3.47. The second kappa shape index (κ2) is 8.30. The van der Waals surface area contributed by atoms with E-state index in [1.165, 1.54) is 16.7 Å². The summed E-state index contributed by atoms with van der Waals surface area (Å²) in [5, 5.41) is 3.58. The second-order valence-electron chi connectivity index (χ2n) is 8.41. The Labute approximate surface area is 154 Å². The van der Waals surface area contributed by atoms with Gasteiger partial charge in [0.25, 0.3) is 0 Å². The highest BCUT2D eigenvalue weighted by atomic mass is 28.4. The molecule has 0 radical (unpaired) electrons. The first-order valence-electron chi connectivity index (χ1n) is 9.25. The van der Waals surface area contributed by atoms with Crippen LogP contribution in [0.5, 0.6) is 0 Å². The van der Waals surface area contributed by atoms with Gasteiger partial charge in [-0.05, 0) is 54.6 Å². The van der Waals surface area contributed by atoms with E-state index in [0.29, 0.717) is 6.04 Å². The fraction of sp³-hybridized carbons (Fsp3) is 0.455. The average molecular weight is 356 g/mol. The molecule has 0 saturated heterocycles. The molecule has 0 spiro atoms. The summed E-state index contributed by atoms with van der Waals surface area (Å²) in [6.07, 6.45) is 1.96. The van der Waals surface area contributed by atoms with Crippen molar-refractivity contribution < 1.29 is 4.80 Å². The van der Waals surface area contributed by atoms with Gasteiger partial charge in [-0.3, -0.25) is 0 Å². The predicted octanol–water partition coefficient (Wildman–Crippen LogP) is 4.93. The zero-order valence-electron chi connectivity index (χ0n) is 16.3. The van der Waals surface area contributed by atoms with E-state index in [1.54, 1.807) is 0 Å². The molecule has 0 aromatic heterocycles. The van der Waals surface area contributed by atoms with Gasteiger partial charge in [0.15, 0.2) is 8.32 Å². The maximum Gasteiger partial charge on any atom is 0.188 e. The lowest BCUT2D eigenvalue weighted by Gasteiger charge is -2.35. The third-order valence-electron chi connectivity index (χ3n) is 5.36. The van der Waals surface area contributed by atoms with Gasteiger partial charge in [0.05, 0.1) is 0 Å². The van der Waals surface area contributed by atoms with Gasteiger partial charge >= 0.3 is 0 Å². The third-order valence-corrected chi connectivity index (χ3v) is 8.85. The van der Waals surface area contributed by atoms with Crippen molar-refractivity contribution in [1.82, 2.24) is 5.32 Å². The largest absolute Gasteiger partial charge is 0.432 e. The van der Waals surface area contributed by atoms with Crippen molar-refractivity contribution in [1.29, 1.82) is 0 Å². The molecule has 0 saturated carbocycles. The summed E-state index contributed by atoms with van der Waals surface area (Å²) < 4.78 is 0. The van der Waals surface area contributed by atoms with E-state index < -0.39 is 8.32 Å². The molecular weight excluding hydrogens is 322 g/mol. The minimum absolute atomic E-state index is 0.0148. The summed E-state index contributed by atoms with van der Waals surface area (Å²) in [5.41, 5.74) is 3.99. The molecule has 2 N–H and O–H groups in total. The summed E-state index contributed by atoms with van der Waals surface area (Å²) in [5.74, 6) is 0. The van der Waals surface area contributed by atoms with Crippen molar-refractivity contribution in [2.45, 2.75) is 64.3 Å². The first kappa shape index (κ1) is 19.9. The zero-order valence-corrected chi connectivity index (χ0v) is 17.3. The average Bonchev–Trinajstić information content (AvgIpc) is 2.54. The molecule has 0 unspecified atom stereocenters. The van der Waals surface area contributed by atoms with E-state index in [0.717, 1.165) is 19.4 Å². The Morgan fingerprint density at radius 1 is 0.920 bits per heavy atom. The van der Waals surface area contributed by atoms with Crippen molar-refractivity contribution in [2.24, 2.45) is 0 Å². The summed E-state index contributed by atoms with van der Waals surface area (Å²) in [6, 6.07) is 19.9. The Balaban J connectivity index is 1.87. The van der Waals surface area contributed by atoms with Crippen LogP contribution in [0.25, 0.3) is 0 Å². The van der Waals surface area contributed by atoms with Crippen LogP contribution >= 0.6 is 0 Å². The molecule has 0 bridgehead atoms. The fourth-order valence-electron chi connectivity index (χ4n) is 2.83. The maximum absolute atomic E-state index is 10.5. The minimum atomic E-state index is -2.16. The molecule has 0 aliphatic carbocycles. The van der Waals surface area contributed by atoms with Crippen molar-refractivity contribution in [3.63, 3.8) is 0 Å². The molecule has 0 heterocycles. The highest BCUT2D eigenvalue weighted by molar-refractivity contribution is 6.72. The zero-order chi connectivity index (χ0) is 18.5. The molecule has 25 heavy (non-hydrogen) atoms. The normalized spacial score (nSPS) is 13.7. The monoisotopic (exact) mass is 355 g/mol. The lowest BCUT2D eigenvalue weighted by atomic mass is 9.99. The van der Waals surface area contributed by atoms with E-state index >= 15 is 0 Å². The summed E-state index contributed by atoms with van der Waals surface area (Å²) in [7, 11) is -2.16. The van der Waals surface area contributed by atoms with Crippen LogP contribution in [-0.4, -0.2) is 19.2 Å². The summed E-state index contributed by atoms with van der Waals surface area (Å²) >= 11 is 0. The number of nitrogens with one attached hydrogen (secondary N) is 1. The van der Waals surface area contributed by atoms with Crippen LogP contribution in [0.15, 0.2) is 54.6 Å². The number of benzene rings is 2. The van der Waals surface area contributed by atoms with E-state index in [1.807, 2.05) is 13.1 Å². The molecule has 2 aromatic carbocycles. The van der Waals surface area contributed by atoms with E-state index in [9.17, 15) is 4.80 Å². The van der Waals surface area contributed by atoms with Gasteiger partial charge in [-0.2, -0.15) is 0 Å². The van der Waals surface area contributed by atoms with Gasteiger partial charge in [0.2, 0.25) is 0 Å². The SMILES string of the molecule is C[C@H](Cc1ccc(CC(C)(C)[Si](C)(C)O)cc1)NCc1ccccc1. The molecule has 0 fully saturated rings. The topological polar surface area (TPSA) is 32.3 Å². The lowest BCUT2D eigenvalue weighted by molar-refractivity contribution is 0.467. The third kappa shape index (κ3) is 6.10. The molecule has 0 aliphatic rings. The molecule has 1 atom stereocenters. The highest BCUT2D eigenvalue weighted by Gasteiger charge is 2.37. The Kier molecular flexibility index (Phi) is 6.61. The van der Waals surface area contributed by atoms with Crippen molar-refractivity contribution in [3.05, 3.63) is 71.3 Å². The smallest absolute Gasteiger partial charge is 0.188 e. The quantitative estimate of drug-likeness (QED) is 0.658. The van der Waals surface area contributed by atoms with E-state index in [-0.39, 0.29) is 5.04 Å². The number of hydrogen-bond acceptors (Lipinski definition) is 2. The summed E-state index contributed by atoms with van der Waals surface area (Å²) in [6.45, 7) is 11.6.